The molecule has 0 amide bonds. The first kappa shape index (κ1) is 14.7. The topological polar surface area (TPSA) is 24.9 Å². The maximum atomic E-state index is 4.60. The number of pyridine rings is 1. The maximum Gasteiger partial charge on any atom is 0.0423 e. The van der Waals surface area contributed by atoms with Gasteiger partial charge in [0.25, 0.3) is 0 Å². The van der Waals surface area contributed by atoms with Gasteiger partial charge in [0, 0.05) is 17.4 Å². The molecule has 0 aliphatic heterocycles. The lowest BCUT2D eigenvalue weighted by Crippen LogP contribution is -2.24. The standard InChI is InChI=1S/C18H24N2/c1-5-19-18(12-16-8-6-7-13(2)11-16)17-10-9-14(3)20-15(17)4/h6-11,18-19H,5,12H2,1-4H3. The van der Waals surface area contributed by atoms with Gasteiger partial charge in [0.1, 0.15) is 0 Å². The molecule has 2 heteroatoms. The molecule has 1 heterocycles. The van der Waals surface area contributed by atoms with Gasteiger partial charge in [-0.1, -0.05) is 42.8 Å². The van der Waals surface area contributed by atoms with E-state index in [1.165, 1.54) is 16.7 Å². The first-order valence-electron chi connectivity index (χ1n) is 7.33. The summed E-state index contributed by atoms with van der Waals surface area (Å²) >= 11 is 0. The van der Waals surface area contributed by atoms with Crippen molar-refractivity contribution in [2.24, 2.45) is 0 Å². The summed E-state index contributed by atoms with van der Waals surface area (Å²) in [6.07, 6.45) is 1.00. The first-order valence-corrected chi connectivity index (χ1v) is 7.33. The van der Waals surface area contributed by atoms with Crippen LogP contribution in [-0.2, 0) is 6.42 Å². The Kier molecular flexibility index (Phi) is 4.91. The lowest BCUT2D eigenvalue weighted by molar-refractivity contribution is 0.544. The van der Waals surface area contributed by atoms with Gasteiger partial charge in [-0.15, -0.1) is 0 Å². The molecule has 1 atom stereocenters. The van der Waals surface area contributed by atoms with Gasteiger partial charge in [0.15, 0.2) is 0 Å². The third-order valence-corrected chi connectivity index (χ3v) is 3.61. The largest absolute Gasteiger partial charge is 0.310 e. The normalized spacial score (nSPS) is 12.4. The van der Waals surface area contributed by atoms with Crippen molar-refractivity contribution in [1.82, 2.24) is 10.3 Å². The highest BCUT2D eigenvalue weighted by molar-refractivity contribution is 5.29. The van der Waals surface area contributed by atoms with E-state index in [2.05, 4.69) is 67.5 Å². The summed E-state index contributed by atoms with van der Waals surface area (Å²) in [7, 11) is 0. The fourth-order valence-electron chi connectivity index (χ4n) is 2.68. The molecule has 20 heavy (non-hydrogen) atoms. The number of nitrogens with one attached hydrogen (secondary N) is 1. The summed E-state index contributed by atoms with van der Waals surface area (Å²) in [6.45, 7) is 9.40. The van der Waals surface area contributed by atoms with Crippen molar-refractivity contribution >= 4 is 0 Å². The lowest BCUT2D eigenvalue weighted by atomic mass is 9.96. The number of nitrogens with zero attached hydrogens (tertiary/aromatic N) is 1. The number of likely N-dealkylation sites (N-methyl/N-ethyl adjacent to an activating group) is 1. The van der Waals surface area contributed by atoms with Gasteiger partial charge in [0.2, 0.25) is 0 Å². The second-order valence-corrected chi connectivity index (χ2v) is 5.43. The molecule has 2 rings (SSSR count). The number of rotatable bonds is 5. The Morgan fingerprint density at radius 1 is 1.10 bits per heavy atom. The Balaban J connectivity index is 2.26. The van der Waals surface area contributed by atoms with E-state index in [1.54, 1.807) is 0 Å². The molecular weight excluding hydrogens is 244 g/mol. The summed E-state index contributed by atoms with van der Waals surface area (Å²) in [5, 5.41) is 3.59. The quantitative estimate of drug-likeness (QED) is 0.889. The summed E-state index contributed by atoms with van der Waals surface area (Å²) in [6, 6.07) is 13.4. The van der Waals surface area contributed by atoms with E-state index in [4.69, 9.17) is 0 Å². The zero-order valence-corrected chi connectivity index (χ0v) is 12.9. The summed E-state index contributed by atoms with van der Waals surface area (Å²) < 4.78 is 0. The molecule has 2 nitrogen and oxygen atoms in total. The van der Waals surface area contributed by atoms with E-state index >= 15 is 0 Å². The third kappa shape index (κ3) is 3.67. The monoisotopic (exact) mass is 268 g/mol. The maximum absolute atomic E-state index is 4.60. The van der Waals surface area contributed by atoms with Gasteiger partial charge >= 0.3 is 0 Å². The molecular formula is C18H24N2. The smallest absolute Gasteiger partial charge is 0.0423 e. The minimum absolute atomic E-state index is 0.329. The van der Waals surface area contributed by atoms with E-state index in [9.17, 15) is 0 Å². The lowest BCUT2D eigenvalue weighted by Gasteiger charge is -2.20. The van der Waals surface area contributed by atoms with Crippen LogP contribution in [0.5, 0.6) is 0 Å². The number of aryl methyl sites for hydroxylation is 3. The third-order valence-electron chi connectivity index (χ3n) is 3.61. The summed E-state index contributed by atoms with van der Waals surface area (Å²) in [4.78, 5) is 4.60. The van der Waals surface area contributed by atoms with Crippen molar-refractivity contribution in [3.8, 4) is 0 Å². The summed E-state index contributed by atoms with van der Waals surface area (Å²) in [5.41, 5.74) is 6.20. The Bertz CT molecular complexity index is 575. The van der Waals surface area contributed by atoms with Gasteiger partial charge in [-0.3, -0.25) is 4.98 Å². The van der Waals surface area contributed by atoms with Crippen LogP contribution in [0, 0.1) is 20.8 Å². The van der Waals surface area contributed by atoms with Crippen molar-refractivity contribution in [1.29, 1.82) is 0 Å². The van der Waals surface area contributed by atoms with Crippen LogP contribution in [0.3, 0.4) is 0 Å². The molecule has 0 fully saturated rings. The Morgan fingerprint density at radius 2 is 1.90 bits per heavy atom. The number of hydrogen-bond donors (Lipinski definition) is 1. The van der Waals surface area contributed by atoms with E-state index in [-0.39, 0.29) is 0 Å². The SMILES string of the molecule is CCNC(Cc1cccc(C)c1)c1ccc(C)nc1C. The van der Waals surface area contributed by atoms with Crippen molar-refractivity contribution in [2.75, 3.05) is 6.54 Å². The van der Waals surface area contributed by atoms with E-state index in [0.717, 1.165) is 24.4 Å². The fraction of sp³-hybridized carbons (Fsp3) is 0.389. The van der Waals surface area contributed by atoms with E-state index < -0.39 is 0 Å². The van der Waals surface area contributed by atoms with Crippen LogP contribution in [0.25, 0.3) is 0 Å². The first-order chi connectivity index (χ1) is 9.60. The highest BCUT2D eigenvalue weighted by Crippen LogP contribution is 2.21. The highest BCUT2D eigenvalue weighted by atomic mass is 14.9. The van der Waals surface area contributed by atoms with Crippen molar-refractivity contribution in [3.05, 3.63) is 64.5 Å². The molecule has 0 radical (unpaired) electrons. The molecule has 1 aromatic carbocycles. The van der Waals surface area contributed by atoms with Crippen LogP contribution in [0.1, 0.15) is 41.0 Å². The second-order valence-electron chi connectivity index (χ2n) is 5.43. The average Bonchev–Trinajstić information content (AvgIpc) is 2.38. The second kappa shape index (κ2) is 6.67. The number of hydrogen-bond acceptors (Lipinski definition) is 2. The number of aromatic nitrogens is 1. The molecule has 0 aliphatic carbocycles. The van der Waals surface area contributed by atoms with E-state index in [0.29, 0.717) is 6.04 Å². The van der Waals surface area contributed by atoms with Crippen molar-refractivity contribution in [2.45, 2.75) is 40.2 Å². The molecule has 0 saturated carbocycles. The zero-order chi connectivity index (χ0) is 14.5. The van der Waals surface area contributed by atoms with Gasteiger partial charge in [-0.2, -0.15) is 0 Å². The van der Waals surface area contributed by atoms with Gasteiger partial charge in [0.05, 0.1) is 0 Å². The summed E-state index contributed by atoms with van der Waals surface area (Å²) in [5.74, 6) is 0. The van der Waals surface area contributed by atoms with E-state index in [1.807, 2.05) is 6.92 Å². The Morgan fingerprint density at radius 3 is 2.55 bits per heavy atom. The molecule has 1 N–H and O–H groups in total. The van der Waals surface area contributed by atoms with Gasteiger partial charge < -0.3 is 5.32 Å². The predicted molar refractivity (Wildman–Crippen MR) is 85.0 cm³/mol. The van der Waals surface area contributed by atoms with Crippen LogP contribution in [0.4, 0.5) is 0 Å². The average molecular weight is 268 g/mol. The molecule has 1 unspecified atom stereocenters. The van der Waals surface area contributed by atoms with Crippen molar-refractivity contribution in [3.63, 3.8) is 0 Å². The molecule has 2 aromatic rings. The van der Waals surface area contributed by atoms with Gasteiger partial charge in [-0.05, 0) is 50.9 Å². The molecule has 106 valence electrons. The van der Waals surface area contributed by atoms with Crippen LogP contribution >= 0.6 is 0 Å². The Labute approximate surface area is 122 Å². The van der Waals surface area contributed by atoms with Crippen LogP contribution in [0.15, 0.2) is 36.4 Å². The Hall–Kier alpha value is -1.67. The minimum atomic E-state index is 0.329. The van der Waals surface area contributed by atoms with Crippen molar-refractivity contribution < 1.29 is 0 Å². The highest BCUT2D eigenvalue weighted by Gasteiger charge is 2.14. The van der Waals surface area contributed by atoms with Gasteiger partial charge in [-0.25, -0.2) is 0 Å². The minimum Gasteiger partial charge on any atom is -0.310 e. The predicted octanol–water partition coefficient (Wildman–Crippen LogP) is 3.90. The fourth-order valence-corrected chi connectivity index (χ4v) is 2.68. The molecule has 0 aliphatic rings. The van der Waals surface area contributed by atoms with Crippen LogP contribution in [-0.4, -0.2) is 11.5 Å². The van der Waals surface area contributed by atoms with Crippen LogP contribution in [0.2, 0.25) is 0 Å². The zero-order valence-electron chi connectivity index (χ0n) is 12.9. The van der Waals surface area contributed by atoms with Crippen LogP contribution < -0.4 is 5.32 Å². The number of benzene rings is 1. The molecule has 0 bridgehead atoms. The molecule has 0 saturated heterocycles. The molecule has 1 aromatic heterocycles. The molecule has 0 spiro atoms.